The maximum absolute atomic E-state index is 11.0. The number of carbonyl (C=O) groups is 1. The average molecular weight is 563 g/mol. The van der Waals surface area contributed by atoms with E-state index in [0.29, 0.717) is 38.7 Å². The molecule has 0 unspecified atom stereocenters. The van der Waals surface area contributed by atoms with Crippen molar-refractivity contribution in [1.82, 2.24) is 19.6 Å². The molecule has 0 spiro atoms. The van der Waals surface area contributed by atoms with Gasteiger partial charge in [0, 0.05) is 30.0 Å². The number of hydrogen-bond acceptors (Lipinski definition) is 11. The van der Waals surface area contributed by atoms with Gasteiger partial charge in [0.05, 0.1) is 31.5 Å². The summed E-state index contributed by atoms with van der Waals surface area (Å²) < 4.78 is 29.7. The molecule has 198 valence electrons. The summed E-state index contributed by atoms with van der Waals surface area (Å²) in [6, 6.07) is 13.3. The minimum Gasteiger partial charge on any atom is -0.496 e. The number of thiazole rings is 1. The first-order valence-electron chi connectivity index (χ1n) is 11.8. The molecule has 12 heteroatoms. The molecule has 2 aromatic carbocycles. The van der Waals surface area contributed by atoms with Crippen LogP contribution in [0.5, 0.6) is 16.7 Å². The van der Waals surface area contributed by atoms with Crippen molar-refractivity contribution in [2.75, 3.05) is 14.2 Å². The molecule has 0 saturated heterocycles. The second-order valence-electron chi connectivity index (χ2n) is 8.48. The molecule has 39 heavy (non-hydrogen) atoms. The van der Waals surface area contributed by atoms with Crippen LogP contribution in [0.3, 0.4) is 0 Å². The third-order valence-electron chi connectivity index (χ3n) is 5.83. The normalized spacial score (nSPS) is 11.3. The summed E-state index contributed by atoms with van der Waals surface area (Å²) in [5.74, 6) is 1.52. The Kier molecular flexibility index (Phi) is 6.63. The first-order chi connectivity index (χ1) is 19.0. The van der Waals surface area contributed by atoms with Gasteiger partial charge in [-0.3, -0.25) is 4.79 Å². The number of hydrogen-bond donors (Lipinski definition) is 0. The predicted molar refractivity (Wildman–Crippen MR) is 147 cm³/mol. The number of ether oxygens (including phenoxy) is 4. The summed E-state index contributed by atoms with van der Waals surface area (Å²) in [5, 5.41) is 8.50. The topological polar surface area (TPSA) is 110 Å². The Bertz CT molecular complexity index is 1750. The summed E-state index contributed by atoms with van der Waals surface area (Å²) >= 11 is 2.88. The molecular weight excluding hydrogens is 540 g/mol. The van der Waals surface area contributed by atoms with Gasteiger partial charge in [0.25, 0.3) is 5.19 Å². The predicted octanol–water partition coefficient (Wildman–Crippen LogP) is 5.99. The molecule has 4 aromatic heterocycles. The minimum absolute atomic E-state index is 0.252. The van der Waals surface area contributed by atoms with Gasteiger partial charge in [-0.15, -0.1) is 16.4 Å². The van der Waals surface area contributed by atoms with Crippen LogP contribution in [-0.4, -0.2) is 39.8 Å². The quantitative estimate of drug-likeness (QED) is 0.196. The number of benzene rings is 2. The number of furan rings is 1. The van der Waals surface area contributed by atoms with Gasteiger partial charge >= 0.3 is 5.97 Å². The molecule has 0 amide bonds. The van der Waals surface area contributed by atoms with Crippen molar-refractivity contribution in [1.29, 1.82) is 0 Å². The van der Waals surface area contributed by atoms with Crippen molar-refractivity contribution in [3.8, 4) is 38.7 Å². The van der Waals surface area contributed by atoms with Crippen molar-refractivity contribution in [2.24, 2.45) is 0 Å². The Morgan fingerprint density at radius 2 is 1.90 bits per heavy atom. The van der Waals surface area contributed by atoms with Crippen molar-refractivity contribution in [2.45, 2.75) is 20.1 Å². The van der Waals surface area contributed by atoms with Crippen molar-refractivity contribution in [3.63, 3.8) is 0 Å². The average Bonchev–Trinajstić information content (AvgIpc) is 3.73. The number of carbonyl (C=O) groups excluding carboxylic acids is 1. The molecule has 6 aromatic rings. The lowest BCUT2D eigenvalue weighted by Gasteiger charge is -2.08. The number of esters is 1. The molecule has 0 aliphatic heterocycles. The Hall–Kier alpha value is -4.42. The summed E-state index contributed by atoms with van der Waals surface area (Å²) in [5.41, 5.74) is 3.97. The SMILES string of the molecule is COc1cc(OCc2csc(-c3ccc(COC(C)=O)cc3)n2)c2cc(-c3cn4nc(OC)sc4n3)oc2c1. The molecule has 0 aliphatic rings. The number of methoxy groups -OCH3 is 2. The van der Waals surface area contributed by atoms with E-state index in [1.165, 1.54) is 29.6 Å². The highest BCUT2D eigenvalue weighted by Gasteiger charge is 2.17. The molecule has 0 radical (unpaired) electrons. The van der Waals surface area contributed by atoms with Gasteiger partial charge < -0.3 is 23.4 Å². The molecular formula is C27H22N4O6S2. The summed E-state index contributed by atoms with van der Waals surface area (Å²) in [4.78, 5) is 21.1. The Labute approximate surface area is 230 Å². The van der Waals surface area contributed by atoms with Gasteiger partial charge in [0.2, 0.25) is 4.96 Å². The molecule has 6 rings (SSSR count). The zero-order valence-corrected chi connectivity index (χ0v) is 22.8. The Balaban J connectivity index is 1.21. The van der Waals surface area contributed by atoms with Gasteiger partial charge in [-0.05, 0) is 23.0 Å². The van der Waals surface area contributed by atoms with Crippen molar-refractivity contribution in [3.05, 3.63) is 65.3 Å². The Morgan fingerprint density at radius 3 is 2.64 bits per heavy atom. The lowest BCUT2D eigenvalue weighted by molar-refractivity contribution is -0.142. The third kappa shape index (κ3) is 5.16. The van der Waals surface area contributed by atoms with E-state index in [1.807, 2.05) is 47.8 Å². The third-order valence-corrected chi connectivity index (χ3v) is 7.65. The van der Waals surface area contributed by atoms with E-state index in [9.17, 15) is 4.79 Å². The van der Waals surface area contributed by atoms with E-state index < -0.39 is 0 Å². The number of aromatic nitrogens is 4. The van der Waals surface area contributed by atoms with Gasteiger partial charge in [-0.2, -0.15) is 0 Å². The van der Waals surface area contributed by atoms with E-state index in [2.05, 4.69) is 10.1 Å². The monoisotopic (exact) mass is 562 g/mol. The highest BCUT2D eigenvalue weighted by Crippen LogP contribution is 2.38. The molecule has 4 heterocycles. The van der Waals surface area contributed by atoms with Crippen LogP contribution in [0.2, 0.25) is 0 Å². The maximum Gasteiger partial charge on any atom is 0.302 e. The van der Waals surface area contributed by atoms with Crippen LogP contribution in [0.15, 0.2) is 58.5 Å². The summed E-state index contributed by atoms with van der Waals surface area (Å²) in [7, 11) is 3.17. The molecule has 0 bridgehead atoms. The second kappa shape index (κ2) is 10.4. The fourth-order valence-corrected chi connectivity index (χ4v) is 5.43. The minimum atomic E-state index is -0.302. The van der Waals surface area contributed by atoms with E-state index in [0.717, 1.165) is 27.2 Å². The highest BCUT2D eigenvalue weighted by atomic mass is 32.1. The van der Waals surface area contributed by atoms with Crippen LogP contribution in [0, 0.1) is 0 Å². The van der Waals surface area contributed by atoms with Gasteiger partial charge in [-0.1, -0.05) is 24.3 Å². The van der Waals surface area contributed by atoms with Crippen LogP contribution in [0.4, 0.5) is 0 Å². The van der Waals surface area contributed by atoms with Crippen LogP contribution in [0.25, 0.3) is 38.0 Å². The number of imidazole rings is 1. The second-order valence-corrected chi connectivity index (χ2v) is 10.3. The standard InChI is InChI=1S/C27H22N4O6S2/c1-15(32)35-12-16-4-6-17(7-5-16)25-28-18(14-38-25)13-36-22-8-19(33-2)9-23-20(22)10-24(37-23)21-11-31-26(29-21)39-27(30-31)34-3/h4-11,14H,12-13H2,1-3H3. The van der Waals surface area contributed by atoms with E-state index >= 15 is 0 Å². The lowest BCUT2D eigenvalue weighted by atomic mass is 10.1. The zero-order valence-electron chi connectivity index (χ0n) is 21.2. The number of rotatable bonds is 9. The van der Waals surface area contributed by atoms with E-state index in [1.54, 1.807) is 24.9 Å². The first-order valence-corrected chi connectivity index (χ1v) is 13.5. The van der Waals surface area contributed by atoms with Crippen molar-refractivity contribution < 1.29 is 28.2 Å². The molecule has 0 atom stereocenters. The van der Waals surface area contributed by atoms with E-state index in [-0.39, 0.29) is 19.2 Å². The largest absolute Gasteiger partial charge is 0.496 e. The summed E-state index contributed by atoms with van der Waals surface area (Å²) in [6.07, 6.45) is 1.80. The van der Waals surface area contributed by atoms with Crippen LogP contribution >= 0.6 is 22.7 Å². The zero-order chi connectivity index (χ0) is 26.9. The van der Waals surface area contributed by atoms with Crippen LogP contribution in [0.1, 0.15) is 18.2 Å². The highest BCUT2D eigenvalue weighted by molar-refractivity contribution is 7.18. The molecule has 10 nitrogen and oxygen atoms in total. The van der Waals surface area contributed by atoms with E-state index in [4.69, 9.17) is 28.3 Å². The lowest BCUT2D eigenvalue weighted by Crippen LogP contribution is -1.98. The fraction of sp³-hybridized carbons (Fsp3) is 0.185. The molecule has 0 aliphatic carbocycles. The first kappa shape index (κ1) is 24.9. The molecule has 0 N–H and O–H groups in total. The maximum atomic E-state index is 11.0. The molecule has 0 fully saturated rings. The van der Waals surface area contributed by atoms with Gasteiger partial charge in [0.15, 0.2) is 5.76 Å². The Morgan fingerprint density at radius 1 is 1.05 bits per heavy atom. The van der Waals surface area contributed by atoms with Crippen LogP contribution < -0.4 is 14.2 Å². The molecule has 0 saturated carbocycles. The number of nitrogens with zero attached hydrogens (tertiary/aromatic N) is 4. The van der Waals surface area contributed by atoms with Crippen molar-refractivity contribution >= 4 is 44.6 Å². The smallest absolute Gasteiger partial charge is 0.302 e. The summed E-state index contributed by atoms with van der Waals surface area (Å²) in [6.45, 7) is 1.92. The fourth-order valence-electron chi connectivity index (χ4n) is 3.92. The van der Waals surface area contributed by atoms with Gasteiger partial charge in [-0.25, -0.2) is 14.5 Å². The van der Waals surface area contributed by atoms with Gasteiger partial charge in [0.1, 0.15) is 41.0 Å². The van der Waals surface area contributed by atoms with Crippen LogP contribution in [-0.2, 0) is 22.7 Å². The number of fused-ring (bicyclic) bond motifs is 2.